The molecular weight excluding hydrogens is 390 g/mol. The monoisotopic (exact) mass is 412 g/mol. The van der Waals surface area contributed by atoms with Gasteiger partial charge in [-0.3, -0.25) is 4.79 Å². The fraction of sp³-hybridized carbons (Fsp3) is 0.273. The van der Waals surface area contributed by atoms with Crippen LogP contribution in [-0.4, -0.2) is 30.0 Å². The van der Waals surface area contributed by atoms with Crippen molar-refractivity contribution in [1.82, 2.24) is 10.3 Å². The highest BCUT2D eigenvalue weighted by molar-refractivity contribution is 7.13. The van der Waals surface area contributed by atoms with Crippen LogP contribution >= 0.6 is 22.9 Å². The third-order valence-electron chi connectivity index (χ3n) is 5.03. The van der Waals surface area contributed by atoms with E-state index in [2.05, 4.69) is 34.6 Å². The Hall–Kier alpha value is -2.21. The lowest BCUT2D eigenvalue weighted by molar-refractivity contribution is -0.901. The first-order valence-corrected chi connectivity index (χ1v) is 10.8. The number of hydrogen-bond acceptors (Lipinski definition) is 3. The molecule has 0 spiro atoms. The van der Waals surface area contributed by atoms with Crippen molar-refractivity contribution in [3.63, 3.8) is 0 Å². The van der Waals surface area contributed by atoms with E-state index >= 15 is 0 Å². The standard InChI is InChI=1S/C22H22ClN3OS/c23-18-8-6-17(7-9-18)22-25-20(15-28-22)12-21(27)24-19-10-11-26(14-19)13-16-4-2-1-3-5-16/h1-9,15,19H,10-14H2,(H,24,27)/p+1/t19-/m1/s1. The van der Waals surface area contributed by atoms with E-state index in [1.807, 2.05) is 35.7 Å². The van der Waals surface area contributed by atoms with Crippen molar-refractivity contribution in [2.24, 2.45) is 0 Å². The number of carbonyl (C=O) groups excluding carboxylic acids is 1. The fourth-order valence-corrected chi connectivity index (χ4v) is 4.61. The van der Waals surface area contributed by atoms with Gasteiger partial charge in [0.2, 0.25) is 5.91 Å². The molecule has 28 heavy (non-hydrogen) atoms. The van der Waals surface area contributed by atoms with Crippen LogP contribution in [-0.2, 0) is 17.8 Å². The molecule has 144 valence electrons. The Morgan fingerprint density at radius 3 is 2.75 bits per heavy atom. The minimum atomic E-state index is 0.0546. The summed E-state index contributed by atoms with van der Waals surface area (Å²) in [4.78, 5) is 18.6. The largest absolute Gasteiger partial charge is 0.347 e. The molecule has 6 heteroatoms. The average Bonchev–Trinajstić information content (AvgIpc) is 3.33. The number of thiazole rings is 1. The highest BCUT2D eigenvalue weighted by Gasteiger charge is 2.27. The van der Waals surface area contributed by atoms with Gasteiger partial charge in [-0.1, -0.05) is 54.1 Å². The number of nitrogens with one attached hydrogen (secondary N) is 2. The van der Waals surface area contributed by atoms with E-state index in [0.717, 1.165) is 42.3 Å². The summed E-state index contributed by atoms with van der Waals surface area (Å²) in [6.45, 7) is 3.09. The maximum Gasteiger partial charge on any atom is 0.226 e. The zero-order valence-electron chi connectivity index (χ0n) is 15.5. The van der Waals surface area contributed by atoms with Crippen molar-refractivity contribution in [2.75, 3.05) is 13.1 Å². The summed E-state index contributed by atoms with van der Waals surface area (Å²) < 4.78 is 0. The number of likely N-dealkylation sites (tertiary alicyclic amines) is 1. The van der Waals surface area contributed by atoms with Gasteiger partial charge in [0.15, 0.2) is 0 Å². The third-order valence-corrected chi connectivity index (χ3v) is 6.22. The molecule has 0 bridgehead atoms. The molecule has 1 aromatic heterocycles. The highest BCUT2D eigenvalue weighted by Crippen LogP contribution is 2.25. The average molecular weight is 413 g/mol. The van der Waals surface area contributed by atoms with E-state index in [1.165, 1.54) is 10.5 Å². The molecule has 1 aliphatic heterocycles. The third kappa shape index (κ3) is 4.98. The lowest BCUT2D eigenvalue weighted by Crippen LogP contribution is -3.09. The molecule has 1 amide bonds. The van der Waals surface area contributed by atoms with Crippen molar-refractivity contribution in [2.45, 2.75) is 25.4 Å². The van der Waals surface area contributed by atoms with Crippen molar-refractivity contribution in [3.8, 4) is 10.6 Å². The van der Waals surface area contributed by atoms with Crippen molar-refractivity contribution < 1.29 is 9.69 Å². The summed E-state index contributed by atoms with van der Waals surface area (Å²) in [5, 5.41) is 6.77. The molecular formula is C22H23ClN3OS+. The zero-order valence-corrected chi connectivity index (χ0v) is 17.1. The van der Waals surface area contributed by atoms with Gasteiger partial charge in [-0.05, 0) is 12.1 Å². The van der Waals surface area contributed by atoms with Gasteiger partial charge < -0.3 is 10.2 Å². The zero-order chi connectivity index (χ0) is 19.3. The molecule has 0 aliphatic carbocycles. The Bertz CT molecular complexity index is 926. The Kier molecular flexibility index (Phi) is 6.05. The summed E-state index contributed by atoms with van der Waals surface area (Å²) in [5.74, 6) is 0.0546. The number of halogens is 1. The molecule has 3 aromatic rings. The Labute approximate surface area is 174 Å². The van der Waals surface area contributed by atoms with Crippen molar-refractivity contribution >= 4 is 28.8 Å². The van der Waals surface area contributed by atoms with E-state index in [-0.39, 0.29) is 11.9 Å². The highest BCUT2D eigenvalue weighted by atomic mass is 35.5. The number of amides is 1. The van der Waals surface area contributed by atoms with Crippen molar-refractivity contribution in [1.29, 1.82) is 0 Å². The minimum Gasteiger partial charge on any atom is -0.347 e. The summed E-state index contributed by atoms with van der Waals surface area (Å²) in [6.07, 6.45) is 1.36. The van der Waals surface area contributed by atoms with Crippen LogP contribution in [0.25, 0.3) is 10.6 Å². The van der Waals surface area contributed by atoms with Gasteiger partial charge in [0, 0.05) is 28.0 Å². The van der Waals surface area contributed by atoms with Gasteiger partial charge in [0.1, 0.15) is 11.6 Å². The Balaban J connectivity index is 1.27. The van der Waals surface area contributed by atoms with Crippen LogP contribution in [0, 0.1) is 0 Å². The van der Waals surface area contributed by atoms with Gasteiger partial charge in [0.05, 0.1) is 31.2 Å². The fourth-order valence-electron chi connectivity index (χ4n) is 3.66. The van der Waals surface area contributed by atoms with Crippen LogP contribution < -0.4 is 10.2 Å². The molecule has 2 atom stereocenters. The quantitative estimate of drug-likeness (QED) is 0.653. The number of quaternary nitrogens is 1. The molecule has 2 heterocycles. The molecule has 1 aliphatic rings. The predicted octanol–water partition coefficient (Wildman–Crippen LogP) is 2.98. The normalized spacial score (nSPS) is 18.9. The Morgan fingerprint density at radius 1 is 1.18 bits per heavy atom. The smallest absolute Gasteiger partial charge is 0.226 e. The SMILES string of the molecule is O=C(Cc1csc(-c2ccc(Cl)cc2)n1)N[C@@H]1CC[NH+](Cc2ccccc2)C1. The van der Waals surface area contributed by atoms with Gasteiger partial charge in [0.25, 0.3) is 0 Å². The minimum absolute atomic E-state index is 0.0546. The number of aromatic nitrogens is 1. The first kappa shape index (κ1) is 19.1. The summed E-state index contributed by atoms with van der Waals surface area (Å²) in [6, 6.07) is 18.4. The molecule has 1 saturated heterocycles. The number of hydrogen-bond donors (Lipinski definition) is 2. The predicted molar refractivity (Wildman–Crippen MR) is 114 cm³/mol. The second-order valence-electron chi connectivity index (χ2n) is 7.25. The van der Waals surface area contributed by atoms with Gasteiger partial charge in [-0.25, -0.2) is 4.98 Å². The molecule has 1 unspecified atom stereocenters. The van der Waals surface area contributed by atoms with Crippen LogP contribution in [0.3, 0.4) is 0 Å². The molecule has 2 aromatic carbocycles. The second kappa shape index (κ2) is 8.86. The Morgan fingerprint density at radius 2 is 1.96 bits per heavy atom. The summed E-state index contributed by atoms with van der Waals surface area (Å²) in [7, 11) is 0. The second-order valence-corrected chi connectivity index (χ2v) is 8.54. The van der Waals surface area contributed by atoms with E-state index in [4.69, 9.17) is 11.6 Å². The summed E-state index contributed by atoms with van der Waals surface area (Å²) >= 11 is 7.49. The van der Waals surface area contributed by atoms with Crippen LogP contribution in [0.4, 0.5) is 0 Å². The van der Waals surface area contributed by atoms with Gasteiger partial charge >= 0.3 is 0 Å². The molecule has 4 nitrogen and oxygen atoms in total. The number of rotatable bonds is 6. The van der Waals surface area contributed by atoms with Crippen LogP contribution in [0.5, 0.6) is 0 Å². The van der Waals surface area contributed by atoms with Crippen LogP contribution in [0.1, 0.15) is 17.7 Å². The molecule has 0 saturated carbocycles. The number of benzene rings is 2. The first-order valence-electron chi connectivity index (χ1n) is 9.53. The van der Waals surface area contributed by atoms with E-state index in [9.17, 15) is 4.79 Å². The molecule has 4 rings (SSSR count). The lowest BCUT2D eigenvalue weighted by Gasteiger charge is -2.14. The van der Waals surface area contributed by atoms with Gasteiger partial charge in [-0.2, -0.15) is 0 Å². The van der Waals surface area contributed by atoms with Crippen LogP contribution in [0.2, 0.25) is 5.02 Å². The van der Waals surface area contributed by atoms with E-state index in [1.54, 1.807) is 11.3 Å². The maximum atomic E-state index is 12.5. The van der Waals surface area contributed by atoms with E-state index < -0.39 is 0 Å². The van der Waals surface area contributed by atoms with Gasteiger partial charge in [-0.15, -0.1) is 11.3 Å². The number of carbonyl (C=O) groups is 1. The molecule has 2 N–H and O–H groups in total. The first-order chi connectivity index (χ1) is 13.7. The lowest BCUT2D eigenvalue weighted by atomic mass is 10.2. The number of nitrogens with zero attached hydrogens (tertiary/aromatic N) is 1. The van der Waals surface area contributed by atoms with Crippen LogP contribution in [0.15, 0.2) is 60.0 Å². The van der Waals surface area contributed by atoms with E-state index in [0.29, 0.717) is 11.4 Å². The molecule has 0 radical (unpaired) electrons. The topological polar surface area (TPSA) is 46.4 Å². The maximum absolute atomic E-state index is 12.5. The summed E-state index contributed by atoms with van der Waals surface area (Å²) in [5.41, 5.74) is 3.19. The molecule has 1 fully saturated rings. The van der Waals surface area contributed by atoms with Crippen molar-refractivity contribution in [3.05, 3.63) is 76.3 Å².